The summed E-state index contributed by atoms with van der Waals surface area (Å²) in [6, 6.07) is 0.0828. The predicted molar refractivity (Wildman–Crippen MR) is 62.4 cm³/mol. The molecule has 1 fully saturated rings. The first-order valence-electron chi connectivity index (χ1n) is 5.00. The van der Waals surface area contributed by atoms with E-state index in [2.05, 4.69) is 6.26 Å². The molecule has 0 amide bonds. The van der Waals surface area contributed by atoms with Crippen molar-refractivity contribution in [2.45, 2.75) is 25.3 Å². The third kappa shape index (κ3) is 3.79. The van der Waals surface area contributed by atoms with Crippen molar-refractivity contribution in [3.05, 3.63) is 0 Å². The van der Waals surface area contributed by atoms with Crippen molar-refractivity contribution < 1.29 is 8.42 Å². The van der Waals surface area contributed by atoms with Crippen molar-refractivity contribution in [2.24, 2.45) is 11.7 Å². The Labute approximate surface area is 90.7 Å². The molecule has 84 valence electrons. The first-order valence-corrected chi connectivity index (χ1v) is 8.21. The zero-order valence-electron chi connectivity index (χ0n) is 8.61. The van der Waals surface area contributed by atoms with Gasteiger partial charge in [-0.2, -0.15) is 11.8 Å². The van der Waals surface area contributed by atoms with Crippen molar-refractivity contribution in [1.29, 1.82) is 0 Å². The van der Waals surface area contributed by atoms with Gasteiger partial charge in [-0.25, -0.2) is 8.42 Å². The maximum Gasteiger partial charge on any atom is 0.150 e. The molecule has 14 heavy (non-hydrogen) atoms. The van der Waals surface area contributed by atoms with Crippen molar-refractivity contribution in [3.63, 3.8) is 0 Å². The minimum atomic E-state index is -2.76. The lowest BCUT2D eigenvalue weighted by atomic mass is 9.96. The molecule has 0 radical (unpaired) electrons. The molecule has 1 rings (SSSR count). The normalized spacial score (nSPS) is 27.7. The molecule has 2 unspecified atom stereocenters. The smallest absolute Gasteiger partial charge is 0.150 e. The fourth-order valence-electron chi connectivity index (χ4n) is 1.86. The highest BCUT2D eigenvalue weighted by molar-refractivity contribution is 7.98. The Kier molecular flexibility index (Phi) is 4.73. The van der Waals surface area contributed by atoms with E-state index in [1.54, 1.807) is 0 Å². The van der Waals surface area contributed by atoms with Gasteiger partial charge >= 0.3 is 0 Å². The molecule has 1 saturated heterocycles. The predicted octanol–water partition coefficient (Wildman–Crippen LogP) is 0.892. The van der Waals surface area contributed by atoms with Gasteiger partial charge in [-0.05, 0) is 37.2 Å². The second kappa shape index (κ2) is 5.37. The van der Waals surface area contributed by atoms with Crippen LogP contribution in [0.3, 0.4) is 0 Å². The Balaban J connectivity index is 2.29. The molecule has 0 saturated carbocycles. The van der Waals surface area contributed by atoms with Crippen LogP contribution in [0.4, 0.5) is 0 Å². The summed E-state index contributed by atoms with van der Waals surface area (Å²) in [5.41, 5.74) is 5.97. The zero-order valence-corrected chi connectivity index (χ0v) is 10.2. The van der Waals surface area contributed by atoms with Crippen LogP contribution in [-0.2, 0) is 9.84 Å². The Hall–Kier alpha value is 0.260. The van der Waals surface area contributed by atoms with E-state index in [4.69, 9.17) is 5.73 Å². The fraction of sp³-hybridized carbons (Fsp3) is 1.00. The average Bonchev–Trinajstić information content (AvgIpc) is 2.46. The van der Waals surface area contributed by atoms with E-state index in [-0.39, 0.29) is 12.0 Å². The molecule has 2 N–H and O–H groups in total. The highest BCUT2D eigenvalue weighted by atomic mass is 32.2. The molecule has 0 aromatic rings. The average molecular weight is 237 g/mol. The second-order valence-electron chi connectivity index (χ2n) is 3.96. The Morgan fingerprint density at radius 1 is 1.57 bits per heavy atom. The number of hydrogen-bond acceptors (Lipinski definition) is 4. The first-order chi connectivity index (χ1) is 6.55. The molecule has 0 aliphatic carbocycles. The first kappa shape index (κ1) is 12.3. The monoisotopic (exact) mass is 237 g/mol. The molecule has 0 aromatic heterocycles. The van der Waals surface area contributed by atoms with Crippen molar-refractivity contribution in [2.75, 3.05) is 23.5 Å². The standard InChI is InChI=1S/C9H19NO2S2/c1-13-5-2-3-9(10)8-4-6-14(11,12)7-8/h8-9H,2-7,10H2,1H3. The summed E-state index contributed by atoms with van der Waals surface area (Å²) >= 11 is 1.81. The van der Waals surface area contributed by atoms with Crippen molar-refractivity contribution in [3.8, 4) is 0 Å². The van der Waals surface area contributed by atoms with Gasteiger partial charge in [0.15, 0.2) is 9.84 Å². The molecule has 0 spiro atoms. The van der Waals surface area contributed by atoms with Crippen LogP contribution >= 0.6 is 11.8 Å². The maximum absolute atomic E-state index is 11.2. The molecular formula is C9H19NO2S2. The van der Waals surface area contributed by atoms with Crippen LogP contribution in [0.1, 0.15) is 19.3 Å². The SMILES string of the molecule is CSCCCC(N)C1CCS(=O)(=O)C1. The largest absolute Gasteiger partial charge is 0.327 e. The van der Waals surface area contributed by atoms with Crippen LogP contribution in [0, 0.1) is 5.92 Å². The molecule has 1 heterocycles. The summed E-state index contributed by atoms with van der Waals surface area (Å²) in [6.45, 7) is 0. The number of nitrogens with two attached hydrogens (primary N) is 1. The Morgan fingerprint density at radius 2 is 2.29 bits per heavy atom. The van der Waals surface area contributed by atoms with Crippen molar-refractivity contribution >= 4 is 21.6 Å². The molecule has 1 aliphatic heterocycles. The molecule has 0 aromatic carbocycles. The van der Waals surface area contributed by atoms with Gasteiger partial charge in [0.25, 0.3) is 0 Å². The van der Waals surface area contributed by atoms with E-state index in [1.807, 2.05) is 11.8 Å². The maximum atomic E-state index is 11.2. The Morgan fingerprint density at radius 3 is 2.79 bits per heavy atom. The number of rotatable bonds is 5. The van der Waals surface area contributed by atoms with Gasteiger partial charge in [-0.3, -0.25) is 0 Å². The minimum Gasteiger partial charge on any atom is -0.327 e. The quantitative estimate of drug-likeness (QED) is 0.722. The van der Waals surface area contributed by atoms with Gasteiger partial charge in [0.05, 0.1) is 11.5 Å². The topological polar surface area (TPSA) is 60.2 Å². The van der Waals surface area contributed by atoms with Crippen LogP contribution in [0.15, 0.2) is 0 Å². The van der Waals surface area contributed by atoms with Gasteiger partial charge in [0.1, 0.15) is 0 Å². The third-order valence-corrected chi connectivity index (χ3v) is 5.25. The van der Waals surface area contributed by atoms with E-state index in [1.165, 1.54) is 0 Å². The molecular weight excluding hydrogens is 218 g/mol. The summed E-state index contributed by atoms with van der Waals surface area (Å²) in [6.07, 6.45) is 4.90. The zero-order chi connectivity index (χ0) is 10.6. The van der Waals surface area contributed by atoms with Gasteiger partial charge in [-0.15, -0.1) is 0 Å². The lowest BCUT2D eigenvalue weighted by Gasteiger charge is -2.16. The van der Waals surface area contributed by atoms with Crippen LogP contribution in [-0.4, -0.2) is 38.0 Å². The minimum absolute atomic E-state index is 0.0828. The van der Waals surface area contributed by atoms with Crippen LogP contribution in [0.25, 0.3) is 0 Å². The highest BCUT2D eigenvalue weighted by Crippen LogP contribution is 2.23. The van der Waals surface area contributed by atoms with Crippen LogP contribution in [0.5, 0.6) is 0 Å². The molecule has 2 atom stereocenters. The fourth-order valence-corrected chi connectivity index (χ4v) is 4.21. The van der Waals surface area contributed by atoms with E-state index in [9.17, 15) is 8.42 Å². The molecule has 5 heteroatoms. The summed E-state index contributed by atoms with van der Waals surface area (Å²) in [5.74, 6) is 1.98. The van der Waals surface area contributed by atoms with Gasteiger partial charge < -0.3 is 5.73 Å². The summed E-state index contributed by atoms with van der Waals surface area (Å²) < 4.78 is 22.4. The van der Waals surface area contributed by atoms with E-state index in [0.29, 0.717) is 11.5 Å². The number of hydrogen-bond donors (Lipinski definition) is 1. The van der Waals surface area contributed by atoms with Crippen molar-refractivity contribution in [1.82, 2.24) is 0 Å². The highest BCUT2D eigenvalue weighted by Gasteiger charge is 2.31. The Bertz CT molecular complexity index is 264. The number of thioether (sulfide) groups is 1. The lowest BCUT2D eigenvalue weighted by Crippen LogP contribution is -2.30. The molecule has 3 nitrogen and oxygen atoms in total. The molecule has 1 aliphatic rings. The van der Waals surface area contributed by atoms with Crippen LogP contribution in [0.2, 0.25) is 0 Å². The summed E-state index contributed by atoms with van der Waals surface area (Å²) in [7, 11) is -2.76. The lowest BCUT2D eigenvalue weighted by molar-refractivity contribution is 0.436. The number of sulfone groups is 1. The van der Waals surface area contributed by atoms with Gasteiger partial charge in [-0.1, -0.05) is 0 Å². The van der Waals surface area contributed by atoms with Crippen LogP contribution < -0.4 is 5.73 Å². The van der Waals surface area contributed by atoms with E-state index in [0.717, 1.165) is 25.0 Å². The van der Waals surface area contributed by atoms with E-state index >= 15 is 0 Å². The third-order valence-electron chi connectivity index (χ3n) is 2.76. The molecule has 0 bridgehead atoms. The van der Waals surface area contributed by atoms with E-state index < -0.39 is 9.84 Å². The van der Waals surface area contributed by atoms with Gasteiger partial charge in [0.2, 0.25) is 0 Å². The second-order valence-corrected chi connectivity index (χ2v) is 7.18. The van der Waals surface area contributed by atoms with Gasteiger partial charge in [0, 0.05) is 6.04 Å². The summed E-state index contributed by atoms with van der Waals surface area (Å²) in [4.78, 5) is 0. The summed E-state index contributed by atoms with van der Waals surface area (Å²) in [5, 5.41) is 0.